The van der Waals surface area contributed by atoms with Crippen LogP contribution in [0.1, 0.15) is 34.1 Å². The zero-order valence-electron chi connectivity index (χ0n) is 8.92. The van der Waals surface area contributed by atoms with Crippen molar-refractivity contribution in [2.24, 2.45) is 0 Å². The van der Waals surface area contributed by atoms with Crippen LogP contribution in [0.15, 0.2) is 0 Å². The smallest absolute Gasteiger partial charge is 0.407 e. The number of carboxylic acids is 1. The first kappa shape index (κ1) is 12.7. The third-order valence-corrected chi connectivity index (χ3v) is 1.24. The van der Waals surface area contributed by atoms with Gasteiger partial charge in [-0.2, -0.15) is 0 Å². The maximum atomic E-state index is 11.1. The summed E-state index contributed by atoms with van der Waals surface area (Å²) in [6.45, 7) is 6.77. The predicted octanol–water partition coefficient (Wildman–Crippen LogP) is 0.0396. The Morgan fingerprint density at radius 2 is 1.93 bits per heavy atom. The van der Waals surface area contributed by atoms with Crippen molar-refractivity contribution in [2.45, 2.75) is 45.8 Å². The van der Waals surface area contributed by atoms with Crippen LogP contribution in [0.25, 0.3) is 0 Å². The van der Waals surface area contributed by atoms with Gasteiger partial charge in [0, 0.05) is 18.4 Å². The molecule has 1 atom stereocenters. The van der Waals surface area contributed by atoms with Crippen LogP contribution < -0.4 is 10.4 Å². The van der Waals surface area contributed by atoms with Gasteiger partial charge < -0.3 is 20.0 Å². The van der Waals surface area contributed by atoms with E-state index in [0.717, 1.165) is 0 Å². The predicted molar refractivity (Wildman–Crippen MR) is 48.5 cm³/mol. The van der Waals surface area contributed by atoms with Crippen LogP contribution in [0.5, 0.6) is 0 Å². The van der Waals surface area contributed by atoms with Gasteiger partial charge in [-0.25, -0.2) is 4.79 Å². The number of amides is 1. The summed E-state index contributed by atoms with van der Waals surface area (Å²) in [6, 6.07) is -0.491. The molecule has 5 nitrogen and oxygen atoms in total. The molecule has 0 bridgehead atoms. The lowest BCUT2D eigenvalue weighted by molar-refractivity contribution is -0.306. The number of ether oxygens (including phenoxy) is 1. The fourth-order valence-electron chi connectivity index (χ4n) is 0.810. The molecule has 14 heavy (non-hydrogen) atoms. The fraction of sp³-hybridized carbons (Fsp3) is 0.778. The summed E-state index contributed by atoms with van der Waals surface area (Å²) in [4.78, 5) is 21.3. The van der Waals surface area contributed by atoms with E-state index in [1.54, 1.807) is 27.7 Å². The molecule has 0 heterocycles. The van der Waals surface area contributed by atoms with Crippen molar-refractivity contribution >= 4 is 12.1 Å². The Hall–Kier alpha value is -1.26. The number of rotatable bonds is 3. The molecule has 1 N–H and O–H groups in total. The number of nitrogens with one attached hydrogen (secondary N) is 1. The van der Waals surface area contributed by atoms with Crippen molar-refractivity contribution in [1.29, 1.82) is 0 Å². The molecule has 0 aliphatic rings. The van der Waals surface area contributed by atoms with E-state index in [2.05, 4.69) is 5.32 Å². The molecule has 0 aromatic rings. The summed E-state index contributed by atoms with van der Waals surface area (Å²) in [5, 5.41) is 12.6. The number of hydrogen-bond acceptors (Lipinski definition) is 4. The molecule has 0 unspecified atom stereocenters. The minimum Gasteiger partial charge on any atom is -0.550 e. The van der Waals surface area contributed by atoms with Crippen LogP contribution in [0.4, 0.5) is 4.79 Å². The highest BCUT2D eigenvalue weighted by Gasteiger charge is 2.17. The van der Waals surface area contributed by atoms with Crippen molar-refractivity contribution in [1.82, 2.24) is 5.32 Å². The number of alkyl carbamates (subject to hydrolysis) is 1. The van der Waals surface area contributed by atoms with Gasteiger partial charge >= 0.3 is 6.09 Å². The van der Waals surface area contributed by atoms with E-state index >= 15 is 0 Å². The van der Waals surface area contributed by atoms with Crippen molar-refractivity contribution in [3.8, 4) is 0 Å². The molecule has 0 aromatic carbocycles. The molecule has 0 aliphatic heterocycles. The number of carboxylic acid groups (broad SMARTS) is 1. The quantitative estimate of drug-likeness (QED) is 0.700. The zero-order chi connectivity index (χ0) is 11.4. The highest BCUT2D eigenvalue weighted by atomic mass is 16.6. The van der Waals surface area contributed by atoms with E-state index < -0.39 is 23.7 Å². The van der Waals surface area contributed by atoms with Gasteiger partial charge in [0.05, 0.1) is 0 Å². The Morgan fingerprint density at radius 1 is 1.43 bits per heavy atom. The van der Waals surface area contributed by atoms with Crippen molar-refractivity contribution in [3.63, 3.8) is 0 Å². The van der Waals surface area contributed by atoms with E-state index in [-0.39, 0.29) is 6.42 Å². The molecule has 0 rings (SSSR count). The lowest BCUT2D eigenvalue weighted by Crippen LogP contribution is -2.40. The van der Waals surface area contributed by atoms with Gasteiger partial charge in [-0.15, -0.1) is 0 Å². The second-order valence-corrected chi connectivity index (χ2v) is 4.12. The first-order valence-electron chi connectivity index (χ1n) is 4.40. The molecule has 0 aliphatic carbocycles. The molecule has 0 saturated heterocycles. The summed E-state index contributed by atoms with van der Waals surface area (Å²) in [5.74, 6) is -1.20. The lowest BCUT2D eigenvalue weighted by Gasteiger charge is -2.22. The Bertz CT molecular complexity index is 219. The van der Waals surface area contributed by atoms with Crippen LogP contribution in [-0.4, -0.2) is 23.7 Å². The second kappa shape index (κ2) is 4.83. The monoisotopic (exact) mass is 202 g/mol. The molecular weight excluding hydrogens is 186 g/mol. The molecular formula is C9H16NO4-. The maximum absolute atomic E-state index is 11.1. The highest BCUT2D eigenvalue weighted by Crippen LogP contribution is 2.06. The molecule has 82 valence electrons. The van der Waals surface area contributed by atoms with Gasteiger partial charge in [0.15, 0.2) is 0 Å². The summed E-state index contributed by atoms with van der Waals surface area (Å²) >= 11 is 0. The molecule has 0 radical (unpaired) electrons. The first-order valence-corrected chi connectivity index (χ1v) is 4.40. The summed E-state index contributed by atoms with van der Waals surface area (Å²) < 4.78 is 4.93. The van der Waals surface area contributed by atoms with Gasteiger partial charge in [0.25, 0.3) is 0 Å². The van der Waals surface area contributed by atoms with Crippen LogP contribution in [0.3, 0.4) is 0 Å². The average Bonchev–Trinajstić information content (AvgIpc) is 1.77. The molecule has 0 aromatic heterocycles. The van der Waals surface area contributed by atoms with Gasteiger partial charge in [0.2, 0.25) is 0 Å². The lowest BCUT2D eigenvalue weighted by atomic mass is 10.2. The highest BCUT2D eigenvalue weighted by molar-refractivity contribution is 5.70. The third kappa shape index (κ3) is 7.39. The van der Waals surface area contributed by atoms with Gasteiger partial charge in [-0.3, -0.25) is 0 Å². The molecule has 5 heteroatoms. The van der Waals surface area contributed by atoms with E-state index in [1.807, 2.05) is 0 Å². The van der Waals surface area contributed by atoms with Crippen molar-refractivity contribution < 1.29 is 19.4 Å². The maximum Gasteiger partial charge on any atom is 0.407 e. The summed E-state index contributed by atoms with van der Waals surface area (Å²) in [5.41, 5.74) is -0.578. The number of aliphatic carboxylic acids is 1. The molecule has 0 saturated carbocycles. The molecule has 1 amide bonds. The Balaban J connectivity index is 3.89. The number of carbonyl (C=O) groups is 2. The third-order valence-electron chi connectivity index (χ3n) is 1.24. The first-order chi connectivity index (χ1) is 6.20. The van der Waals surface area contributed by atoms with Gasteiger partial charge in [0.1, 0.15) is 5.60 Å². The van der Waals surface area contributed by atoms with Crippen LogP contribution in [0, 0.1) is 0 Å². The zero-order valence-corrected chi connectivity index (χ0v) is 8.92. The van der Waals surface area contributed by atoms with Crippen LogP contribution in [0.2, 0.25) is 0 Å². The Labute approximate surface area is 83.4 Å². The van der Waals surface area contributed by atoms with E-state index in [4.69, 9.17) is 4.74 Å². The van der Waals surface area contributed by atoms with E-state index in [1.165, 1.54) is 0 Å². The van der Waals surface area contributed by atoms with Crippen LogP contribution in [-0.2, 0) is 9.53 Å². The van der Waals surface area contributed by atoms with Crippen molar-refractivity contribution in [2.75, 3.05) is 0 Å². The largest absolute Gasteiger partial charge is 0.550 e. The summed E-state index contributed by atoms with van der Waals surface area (Å²) in [7, 11) is 0. The minimum absolute atomic E-state index is 0.223. The van der Waals surface area contributed by atoms with Gasteiger partial charge in [-0.05, 0) is 27.7 Å². The normalized spacial score (nSPS) is 13.1. The van der Waals surface area contributed by atoms with E-state index in [9.17, 15) is 14.7 Å². The Kier molecular flexibility index (Phi) is 4.40. The molecule has 0 fully saturated rings. The molecule has 0 spiro atoms. The summed E-state index contributed by atoms with van der Waals surface area (Å²) in [6.07, 6.45) is -0.842. The van der Waals surface area contributed by atoms with Crippen LogP contribution >= 0.6 is 0 Å². The number of hydrogen-bond donors (Lipinski definition) is 1. The topological polar surface area (TPSA) is 78.5 Å². The van der Waals surface area contributed by atoms with Crippen molar-refractivity contribution in [3.05, 3.63) is 0 Å². The Morgan fingerprint density at radius 3 is 2.29 bits per heavy atom. The minimum atomic E-state index is -1.20. The van der Waals surface area contributed by atoms with Gasteiger partial charge in [-0.1, -0.05) is 0 Å². The fourth-order valence-corrected chi connectivity index (χ4v) is 0.810. The standard InChI is InChI=1S/C9H17NO4/c1-6(5-7(11)12)10-8(13)14-9(2,3)4/h6H,5H2,1-4H3,(H,10,13)(H,11,12)/p-1/t6-/m1/s1. The second-order valence-electron chi connectivity index (χ2n) is 4.12. The average molecular weight is 202 g/mol. The van der Waals surface area contributed by atoms with E-state index in [0.29, 0.717) is 0 Å². The SMILES string of the molecule is C[C@H](CC(=O)[O-])NC(=O)OC(C)(C)C. The number of carbonyl (C=O) groups excluding carboxylic acids is 2.